The van der Waals surface area contributed by atoms with Gasteiger partial charge in [-0.15, -0.1) is 0 Å². The summed E-state index contributed by atoms with van der Waals surface area (Å²) < 4.78 is 13.3. The summed E-state index contributed by atoms with van der Waals surface area (Å²) in [4.78, 5) is 10.8. The van der Waals surface area contributed by atoms with Crippen molar-refractivity contribution in [2.24, 2.45) is 0 Å². The van der Waals surface area contributed by atoms with Crippen LogP contribution in [0, 0.1) is 5.82 Å². The number of benzene rings is 1. The first-order chi connectivity index (χ1) is 8.43. The lowest BCUT2D eigenvalue weighted by molar-refractivity contribution is 0.0688. The molecule has 0 unspecified atom stereocenters. The quantitative estimate of drug-likeness (QED) is 0.602. The van der Waals surface area contributed by atoms with Crippen LogP contribution in [-0.2, 0) is 0 Å². The van der Waals surface area contributed by atoms with Gasteiger partial charge in [0.05, 0.1) is 0 Å². The number of aromatic carboxylic acids is 1. The third-order valence-electron chi connectivity index (χ3n) is 3.48. The van der Waals surface area contributed by atoms with Gasteiger partial charge in [0.2, 0.25) is 0 Å². The van der Waals surface area contributed by atoms with Crippen LogP contribution < -0.4 is 0 Å². The summed E-state index contributed by atoms with van der Waals surface area (Å²) in [5.74, 6) is -4.00. The van der Waals surface area contributed by atoms with Crippen molar-refractivity contribution in [3.63, 3.8) is 0 Å². The molecule has 1 saturated carbocycles. The van der Waals surface area contributed by atoms with Crippen molar-refractivity contribution in [1.29, 1.82) is 0 Å². The maximum atomic E-state index is 13.3. The van der Waals surface area contributed by atoms with Crippen LogP contribution in [0.3, 0.4) is 0 Å². The molecule has 2 rings (SSSR count). The molecule has 0 aromatic heterocycles. The van der Waals surface area contributed by atoms with Crippen molar-refractivity contribution < 1.29 is 29.4 Å². The molecule has 1 aliphatic rings. The van der Waals surface area contributed by atoms with E-state index in [1.807, 2.05) is 0 Å². The maximum absolute atomic E-state index is 13.3. The number of hydrogen-bond acceptors (Lipinski definition) is 4. The fourth-order valence-corrected chi connectivity index (χ4v) is 2.35. The van der Waals surface area contributed by atoms with Gasteiger partial charge in [-0.1, -0.05) is 12.5 Å². The zero-order valence-electron chi connectivity index (χ0n) is 9.38. The highest BCUT2D eigenvalue weighted by atomic mass is 19.1. The summed E-state index contributed by atoms with van der Waals surface area (Å²) in [7, 11) is -1.53. The minimum Gasteiger partial charge on any atom is -0.507 e. The Morgan fingerprint density at radius 1 is 1.33 bits per heavy atom. The van der Waals surface area contributed by atoms with Gasteiger partial charge in [0.1, 0.15) is 17.1 Å². The number of hydrogen-bond donors (Lipinski definition) is 4. The highest BCUT2D eigenvalue weighted by molar-refractivity contribution is 6.43. The molecule has 1 aliphatic carbocycles. The summed E-state index contributed by atoms with van der Waals surface area (Å²) in [6.07, 6.45) is 1.17. The Balaban J connectivity index is 2.41. The second-order valence-electron chi connectivity index (χ2n) is 4.43. The summed E-state index contributed by atoms with van der Waals surface area (Å²) in [5.41, 5.74) is -0.524. The Morgan fingerprint density at radius 3 is 2.44 bits per heavy atom. The van der Waals surface area contributed by atoms with E-state index in [2.05, 4.69) is 0 Å². The summed E-state index contributed by atoms with van der Waals surface area (Å²) >= 11 is 0. The van der Waals surface area contributed by atoms with Gasteiger partial charge in [0, 0.05) is 5.82 Å². The largest absolute Gasteiger partial charge is 0.507 e. The zero-order chi connectivity index (χ0) is 13.4. The minimum absolute atomic E-state index is 0.248. The summed E-state index contributed by atoms with van der Waals surface area (Å²) in [6.45, 7) is 0. The van der Waals surface area contributed by atoms with Crippen molar-refractivity contribution in [2.75, 3.05) is 0 Å². The van der Waals surface area contributed by atoms with Gasteiger partial charge < -0.3 is 20.3 Å². The predicted molar refractivity (Wildman–Crippen MR) is 60.9 cm³/mol. The third kappa shape index (κ3) is 1.95. The molecule has 0 spiro atoms. The number of carboxylic acids is 1. The van der Waals surface area contributed by atoms with E-state index in [4.69, 9.17) is 15.2 Å². The van der Waals surface area contributed by atoms with E-state index in [0.717, 1.165) is 6.07 Å². The van der Waals surface area contributed by atoms with E-state index in [0.29, 0.717) is 12.8 Å². The van der Waals surface area contributed by atoms with Gasteiger partial charge in [-0.2, -0.15) is 0 Å². The highest BCUT2D eigenvalue weighted by Crippen LogP contribution is 2.50. The average molecular weight is 254 g/mol. The molecule has 0 amide bonds. The van der Waals surface area contributed by atoms with Crippen LogP contribution in [0.5, 0.6) is 5.75 Å². The standard InChI is InChI=1S/C11H12BFO5/c13-8-4-2-6(10(14)9(8)11(15)16)5-1-3-7(5)12(17)18/h2,4-5,7,14,17-18H,1,3H2,(H,15,16)/t5-,7-/m1/s1. The van der Waals surface area contributed by atoms with Crippen molar-refractivity contribution >= 4 is 13.1 Å². The smallest absolute Gasteiger partial charge is 0.455 e. The second-order valence-corrected chi connectivity index (χ2v) is 4.43. The fraction of sp³-hybridized carbons (Fsp3) is 0.364. The molecule has 96 valence electrons. The van der Waals surface area contributed by atoms with E-state index in [1.54, 1.807) is 0 Å². The van der Waals surface area contributed by atoms with Crippen molar-refractivity contribution in [3.8, 4) is 5.75 Å². The van der Waals surface area contributed by atoms with Gasteiger partial charge in [-0.3, -0.25) is 0 Å². The Kier molecular flexibility index (Phi) is 3.27. The molecule has 0 radical (unpaired) electrons. The highest BCUT2D eigenvalue weighted by Gasteiger charge is 2.41. The van der Waals surface area contributed by atoms with Crippen LogP contribution in [0.15, 0.2) is 12.1 Å². The molecular weight excluding hydrogens is 242 g/mol. The van der Waals surface area contributed by atoms with E-state index < -0.39 is 36.0 Å². The second kappa shape index (κ2) is 4.58. The third-order valence-corrected chi connectivity index (χ3v) is 3.48. The lowest BCUT2D eigenvalue weighted by Gasteiger charge is -2.36. The molecule has 1 aromatic carbocycles. The first-order valence-electron chi connectivity index (χ1n) is 5.54. The first kappa shape index (κ1) is 12.9. The van der Waals surface area contributed by atoms with Crippen LogP contribution in [0.25, 0.3) is 0 Å². The van der Waals surface area contributed by atoms with Gasteiger partial charge >= 0.3 is 13.1 Å². The Hall–Kier alpha value is -1.60. The van der Waals surface area contributed by atoms with Crippen molar-refractivity contribution in [2.45, 2.75) is 24.6 Å². The predicted octanol–water partition coefficient (Wildman–Crippen LogP) is 0.950. The fourth-order valence-electron chi connectivity index (χ4n) is 2.35. The molecule has 1 fully saturated rings. The molecule has 0 heterocycles. The van der Waals surface area contributed by atoms with Crippen LogP contribution in [0.1, 0.15) is 34.7 Å². The Bertz CT molecular complexity index is 491. The van der Waals surface area contributed by atoms with E-state index >= 15 is 0 Å². The lowest BCUT2D eigenvalue weighted by Crippen LogP contribution is -2.33. The van der Waals surface area contributed by atoms with Gasteiger partial charge in [0.15, 0.2) is 0 Å². The number of carboxylic acid groups (broad SMARTS) is 1. The van der Waals surface area contributed by atoms with Crippen molar-refractivity contribution in [1.82, 2.24) is 0 Å². The molecule has 18 heavy (non-hydrogen) atoms. The van der Waals surface area contributed by atoms with E-state index in [-0.39, 0.29) is 11.5 Å². The van der Waals surface area contributed by atoms with Gasteiger partial charge in [0.25, 0.3) is 0 Å². The number of aromatic hydroxyl groups is 1. The van der Waals surface area contributed by atoms with Crippen LogP contribution >= 0.6 is 0 Å². The molecule has 0 bridgehead atoms. The molecule has 5 nitrogen and oxygen atoms in total. The molecule has 1 aromatic rings. The number of carbonyl (C=O) groups is 1. The molecule has 4 N–H and O–H groups in total. The molecule has 7 heteroatoms. The normalized spacial score (nSPS) is 22.4. The zero-order valence-corrected chi connectivity index (χ0v) is 9.38. The van der Waals surface area contributed by atoms with Crippen LogP contribution in [-0.4, -0.2) is 33.3 Å². The monoisotopic (exact) mass is 254 g/mol. The Morgan fingerprint density at radius 2 is 2.00 bits per heavy atom. The SMILES string of the molecule is O=C(O)c1c(F)ccc([C@H]2CC[C@H]2B(O)O)c1O. The molecular formula is C11H12BFO5. The number of halogens is 1. The lowest BCUT2D eigenvalue weighted by atomic mass is 9.53. The molecule has 0 aliphatic heterocycles. The summed E-state index contributed by atoms with van der Waals surface area (Å²) in [5, 5.41) is 36.8. The molecule has 0 saturated heterocycles. The van der Waals surface area contributed by atoms with Crippen LogP contribution in [0.2, 0.25) is 5.82 Å². The van der Waals surface area contributed by atoms with Crippen molar-refractivity contribution in [3.05, 3.63) is 29.1 Å². The van der Waals surface area contributed by atoms with Crippen LogP contribution in [0.4, 0.5) is 4.39 Å². The number of rotatable bonds is 3. The van der Waals surface area contributed by atoms with E-state index in [1.165, 1.54) is 6.07 Å². The van der Waals surface area contributed by atoms with Gasteiger partial charge in [-0.25, -0.2) is 9.18 Å². The maximum Gasteiger partial charge on any atom is 0.455 e. The molecule has 2 atom stereocenters. The Labute approximate surface area is 103 Å². The first-order valence-corrected chi connectivity index (χ1v) is 5.54. The topological polar surface area (TPSA) is 98.0 Å². The number of phenols is 1. The van der Waals surface area contributed by atoms with E-state index in [9.17, 15) is 14.3 Å². The minimum atomic E-state index is -1.55. The average Bonchev–Trinajstić information content (AvgIpc) is 2.19. The summed E-state index contributed by atoms with van der Waals surface area (Å²) in [6, 6.07) is 2.26. The van der Waals surface area contributed by atoms with Gasteiger partial charge in [-0.05, 0) is 24.0 Å².